The molecule has 0 fully saturated rings. The van der Waals surface area contributed by atoms with Gasteiger partial charge in [0.05, 0.1) is 0 Å². The van der Waals surface area contributed by atoms with Crippen LogP contribution in [0.4, 0.5) is 0 Å². The lowest BCUT2D eigenvalue weighted by atomic mass is 10.2. The van der Waals surface area contributed by atoms with Crippen molar-refractivity contribution >= 4 is 17.7 Å². The molecule has 2 rings (SSSR count). The van der Waals surface area contributed by atoms with Crippen LogP contribution in [0.1, 0.15) is 10.4 Å². The number of aromatic hydroxyl groups is 1. The molecule has 80 valence electrons. The van der Waals surface area contributed by atoms with E-state index in [4.69, 9.17) is 5.11 Å². The molecule has 1 aromatic carbocycles. The highest BCUT2D eigenvalue weighted by Gasteiger charge is 2.30. The Hall–Kier alpha value is -2.43. The number of phenols is 1. The molecule has 0 bridgehead atoms. The van der Waals surface area contributed by atoms with E-state index in [1.165, 1.54) is 24.3 Å². The highest BCUT2D eigenvalue weighted by molar-refractivity contribution is 6.25. The smallest absolute Gasteiger partial charge is 0.267 e. The maximum absolute atomic E-state index is 11.7. The maximum Gasteiger partial charge on any atom is 0.267 e. The van der Waals surface area contributed by atoms with E-state index in [9.17, 15) is 14.4 Å². The highest BCUT2D eigenvalue weighted by atomic mass is 16.3. The number of carbonyl (C=O) groups is 3. The van der Waals surface area contributed by atoms with Crippen LogP contribution in [-0.4, -0.2) is 27.7 Å². The number of carbonyl (C=O) groups excluding carboxylic acids is 3. The zero-order valence-corrected chi connectivity index (χ0v) is 8.08. The molecule has 0 saturated carbocycles. The molecule has 0 aromatic heterocycles. The highest BCUT2D eigenvalue weighted by Crippen LogP contribution is 2.14. The van der Waals surface area contributed by atoms with Crippen molar-refractivity contribution in [1.82, 2.24) is 4.90 Å². The van der Waals surface area contributed by atoms with Crippen molar-refractivity contribution in [3.63, 3.8) is 0 Å². The lowest BCUT2D eigenvalue weighted by Gasteiger charge is -2.11. The van der Waals surface area contributed by atoms with Crippen molar-refractivity contribution in [3.05, 3.63) is 42.0 Å². The van der Waals surface area contributed by atoms with Crippen LogP contribution in [0.2, 0.25) is 0 Å². The normalized spacial score (nSPS) is 14.6. The average Bonchev–Trinajstić information content (AvgIpc) is 2.59. The molecule has 1 aliphatic rings. The second kappa shape index (κ2) is 3.62. The van der Waals surface area contributed by atoms with Crippen molar-refractivity contribution in [3.8, 4) is 5.75 Å². The first kappa shape index (κ1) is 10.1. The fourth-order valence-electron chi connectivity index (χ4n) is 1.33. The van der Waals surface area contributed by atoms with Gasteiger partial charge in [0, 0.05) is 17.7 Å². The maximum atomic E-state index is 11.7. The van der Waals surface area contributed by atoms with E-state index in [0.717, 1.165) is 12.2 Å². The molecule has 1 heterocycles. The van der Waals surface area contributed by atoms with Crippen LogP contribution in [0.3, 0.4) is 0 Å². The third kappa shape index (κ3) is 1.58. The Bertz CT molecular complexity index is 483. The van der Waals surface area contributed by atoms with Gasteiger partial charge in [0.25, 0.3) is 17.7 Å². The number of rotatable bonds is 1. The van der Waals surface area contributed by atoms with Gasteiger partial charge in [-0.15, -0.1) is 0 Å². The number of amides is 3. The zero-order valence-electron chi connectivity index (χ0n) is 8.08. The van der Waals surface area contributed by atoms with Gasteiger partial charge in [-0.25, -0.2) is 4.90 Å². The minimum atomic E-state index is -0.694. The van der Waals surface area contributed by atoms with E-state index in [0.29, 0.717) is 4.90 Å². The molecule has 1 aliphatic heterocycles. The fraction of sp³-hybridized carbons (Fsp3) is 0. The number of nitrogens with zero attached hydrogens (tertiary/aromatic N) is 1. The number of benzene rings is 1. The predicted molar refractivity (Wildman–Crippen MR) is 53.4 cm³/mol. The van der Waals surface area contributed by atoms with Crippen LogP contribution >= 0.6 is 0 Å². The first-order chi connectivity index (χ1) is 7.59. The summed E-state index contributed by atoms with van der Waals surface area (Å²) in [6.45, 7) is 0. The van der Waals surface area contributed by atoms with Gasteiger partial charge in [0.1, 0.15) is 5.75 Å². The van der Waals surface area contributed by atoms with Crippen molar-refractivity contribution < 1.29 is 19.5 Å². The summed E-state index contributed by atoms with van der Waals surface area (Å²) in [5, 5.41) is 9.04. The first-order valence-corrected chi connectivity index (χ1v) is 4.49. The van der Waals surface area contributed by atoms with Crippen molar-refractivity contribution in [1.29, 1.82) is 0 Å². The standard InChI is InChI=1S/C11H7NO4/c13-8-3-1-7(2-4-8)11(16)12-9(14)5-6-10(12)15/h1-6,13H. The summed E-state index contributed by atoms with van der Waals surface area (Å²) in [4.78, 5) is 34.7. The first-order valence-electron chi connectivity index (χ1n) is 4.49. The Kier molecular flexibility index (Phi) is 2.28. The second-order valence-electron chi connectivity index (χ2n) is 3.20. The van der Waals surface area contributed by atoms with E-state index < -0.39 is 17.7 Å². The number of phenolic OH excluding ortho intramolecular Hbond substituents is 1. The largest absolute Gasteiger partial charge is 0.508 e. The van der Waals surface area contributed by atoms with Gasteiger partial charge >= 0.3 is 0 Å². The molecule has 0 atom stereocenters. The van der Waals surface area contributed by atoms with E-state index in [2.05, 4.69) is 0 Å². The van der Waals surface area contributed by atoms with Crippen LogP contribution in [0.5, 0.6) is 5.75 Å². The number of imide groups is 3. The third-order valence-corrected chi connectivity index (χ3v) is 2.13. The van der Waals surface area contributed by atoms with E-state index in [-0.39, 0.29) is 11.3 Å². The summed E-state index contributed by atoms with van der Waals surface area (Å²) >= 11 is 0. The van der Waals surface area contributed by atoms with Gasteiger partial charge < -0.3 is 5.11 Å². The molecular formula is C11H7NO4. The molecule has 5 nitrogen and oxygen atoms in total. The minimum absolute atomic E-state index is 0.00810. The van der Waals surface area contributed by atoms with Crippen LogP contribution < -0.4 is 0 Å². The van der Waals surface area contributed by atoms with E-state index in [1.807, 2.05) is 0 Å². The van der Waals surface area contributed by atoms with Gasteiger partial charge in [-0.2, -0.15) is 0 Å². The van der Waals surface area contributed by atoms with Crippen molar-refractivity contribution in [2.75, 3.05) is 0 Å². The molecule has 0 aliphatic carbocycles. The molecule has 0 saturated heterocycles. The van der Waals surface area contributed by atoms with E-state index >= 15 is 0 Å². The predicted octanol–water partition coefficient (Wildman–Crippen LogP) is 0.457. The minimum Gasteiger partial charge on any atom is -0.508 e. The number of hydrogen-bond donors (Lipinski definition) is 1. The molecule has 0 radical (unpaired) electrons. The summed E-state index contributed by atoms with van der Waals surface area (Å²) < 4.78 is 0. The van der Waals surface area contributed by atoms with E-state index in [1.54, 1.807) is 0 Å². The summed E-state index contributed by atoms with van der Waals surface area (Å²) in [6, 6.07) is 5.31. The molecular weight excluding hydrogens is 210 g/mol. The SMILES string of the molecule is O=C1C=CC(=O)N1C(=O)c1ccc(O)cc1. The summed E-state index contributed by atoms with van der Waals surface area (Å²) in [5.74, 6) is -1.99. The lowest BCUT2D eigenvalue weighted by Crippen LogP contribution is -2.36. The van der Waals surface area contributed by atoms with Gasteiger partial charge in [0.15, 0.2) is 0 Å². The molecule has 3 amide bonds. The summed E-state index contributed by atoms with van der Waals surface area (Å²) in [5.41, 5.74) is 0.170. The van der Waals surface area contributed by atoms with Crippen LogP contribution in [-0.2, 0) is 9.59 Å². The molecule has 16 heavy (non-hydrogen) atoms. The molecule has 1 N–H and O–H groups in total. The number of hydrogen-bond acceptors (Lipinski definition) is 4. The Labute approximate surface area is 90.6 Å². The van der Waals surface area contributed by atoms with Crippen LogP contribution in [0, 0.1) is 0 Å². The summed E-state index contributed by atoms with van der Waals surface area (Å²) in [7, 11) is 0. The quantitative estimate of drug-likeness (QED) is 0.693. The lowest BCUT2D eigenvalue weighted by molar-refractivity contribution is -0.133. The van der Waals surface area contributed by atoms with Crippen LogP contribution in [0.25, 0.3) is 0 Å². The Morgan fingerprint density at radius 1 is 1.00 bits per heavy atom. The molecule has 5 heteroatoms. The summed E-state index contributed by atoms with van der Waals surface area (Å²) in [6.07, 6.45) is 2.08. The average molecular weight is 217 g/mol. The van der Waals surface area contributed by atoms with Crippen molar-refractivity contribution in [2.45, 2.75) is 0 Å². The Morgan fingerprint density at radius 3 is 2.00 bits per heavy atom. The Morgan fingerprint density at radius 2 is 1.50 bits per heavy atom. The second-order valence-corrected chi connectivity index (χ2v) is 3.20. The molecule has 0 unspecified atom stereocenters. The van der Waals surface area contributed by atoms with Gasteiger partial charge in [-0.3, -0.25) is 14.4 Å². The zero-order chi connectivity index (χ0) is 11.7. The third-order valence-electron chi connectivity index (χ3n) is 2.13. The molecule has 1 aromatic rings. The Balaban J connectivity index is 2.29. The fourth-order valence-corrected chi connectivity index (χ4v) is 1.33. The van der Waals surface area contributed by atoms with Crippen molar-refractivity contribution in [2.24, 2.45) is 0 Å². The van der Waals surface area contributed by atoms with Crippen LogP contribution in [0.15, 0.2) is 36.4 Å². The topological polar surface area (TPSA) is 74.7 Å². The van der Waals surface area contributed by atoms with Gasteiger partial charge in [0.2, 0.25) is 0 Å². The monoisotopic (exact) mass is 217 g/mol. The molecule has 0 spiro atoms. The van der Waals surface area contributed by atoms with Gasteiger partial charge in [-0.1, -0.05) is 0 Å². The van der Waals surface area contributed by atoms with Gasteiger partial charge in [-0.05, 0) is 24.3 Å².